The van der Waals surface area contributed by atoms with Crippen molar-refractivity contribution >= 4 is 17.7 Å². The first-order chi connectivity index (χ1) is 13.1. The van der Waals surface area contributed by atoms with E-state index in [4.69, 9.17) is 4.84 Å². The van der Waals surface area contributed by atoms with Gasteiger partial charge in [-0.15, -0.1) is 0 Å². The van der Waals surface area contributed by atoms with E-state index in [1.54, 1.807) is 23.1 Å². The van der Waals surface area contributed by atoms with E-state index < -0.39 is 5.97 Å². The Bertz CT molecular complexity index is 859. The van der Waals surface area contributed by atoms with Crippen molar-refractivity contribution < 1.29 is 19.5 Å². The lowest BCUT2D eigenvalue weighted by Crippen LogP contribution is -2.41. The van der Waals surface area contributed by atoms with Crippen LogP contribution in [0.1, 0.15) is 42.1 Å². The Morgan fingerprint density at radius 3 is 2.63 bits per heavy atom. The number of amides is 1. The highest BCUT2D eigenvalue weighted by molar-refractivity contribution is 5.99. The Morgan fingerprint density at radius 2 is 1.93 bits per heavy atom. The molecule has 0 unspecified atom stereocenters. The molecule has 1 N–H and O–H groups in total. The van der Waals surface area contributed by atoms with Crippen LogP contribution >= 0.6 is 0 Å². The molecule has 6 heteroatoms. The van der Waals surface area contributed by atoms with Crippen molar-refractivity contribution in [2.24, 2.45) is 5.16 Å². The molecule has 2 aromatic rings. The summed E-state index contributed by atoms with van der Waals surface area (Å²) in [6.45, 7) is 2.47. The summed E-state index contributed by atoms with van der Waals surface area (Å²) in [5.74, 6) is -0.393. The fourth-order valence-electron chi connectivity index (χ4n) is 3.02. The van der Waals surface area contributed by atoms with Gasteiger partial charge in [0, 0.05) is 6.42 Å². The van der Waals surface area contributed by atoms with Crippen molar-refractivity contribution in [1.29, 1.82) is 0 Å². The van der Waals surface area contributed by atoms with Crippen molar-refractivity contribution in [3.05, 3.63) is 59.7 Å². The van der Waals surface area contributed by atoms with Gasteiger partial charge < -0.3 is 9.94 Å². The smallest absolute Gasteiger partial charge is 0.336 e. The first-order valence-corrected chi connectivity index (χ1v) is 9.01. The van der Waals surface area contributed by atoms with Gasteiger partial charge in [-0.05, 0) is 29.2 Å². The SMILES string of the molecule is CCCCC1=NOCC(=O)N1Cc1ccc(-c2ccccc2C(=O)O)cc1. The second-order valence-corrected chi connectivity index (χ2v) is 6.41. The number of hydrogen-bond acceptors (Lipinski definition) is 4. The molecule has 6 nitrogen and oxygen atoms in total. The van der Waals surface area contributed by atoms with Gasteiger partial charge in [0.05, 0.1) is 12.1 Å². The zero-order chi connectivity index (χ0) is 19.2. The Balaban J connectivity index is 1.80. The molecule has 0 aromatic heterocycles. The maximum Gasteiger partial charge on any atom is 0.336 e. The molecule has 0 saturated carbocycles. The molecule has 140 valence electrons. The van der Waals surface area contributed by atoms with E-state index in [2.05, 4.69) is 12.1 Å². The van der Waals surface area contributed by atoms with Gasteiger partial charge in [-0.3, -0.25) is 9.69 Å². The summed E-state index contributed by atoms with van der Waals surface area (Å²) in [6, 6.07) is 14.5. The summed E-state index contributed by atoms with van der Waals surface area (Å²) in [4.78, 5) is 30.3. The van der Waals surface area contributed by atoms with Crippen molar-refractivity contribution in [2.75, 3.05) is 6.61 Å². The van der Waals surface area contributed by atoms with Gasteiger partial charge in [0.2, 0.25) is 0 Å². The number of benzene rings is 2. The highest BCUT2D eigenvalue weighted by Crippen LogP contribution is 2.25. The van der Waals surface area contributed by atoms with E-state index in [1.165, 1.54) is 0 Å². The molecule has 0 spiro atoms. The van der Waals surface area contributed by atoms with E-state index in [-0.39, 0.29) is 18.1 Å². The molecule has 0 atom stereocenters. The standard InChI is InChI=1S/C21H22N2O4/c1-2-3-8-19-22-27-14-20(24)23(19)13-15-9-11-16(12-10-15)17-6-4-5-7-18(17)21(25)26/h4-7,9-12H,2-3,8,13-14H2,1H3,(H,25,26). The normalized spacial score (nSPS) is 13.9. The highest BCUT2D eigenvalue weighted by atomic mass is 16.6. The van der Waals surface area contributed by atoms with E-state index in [9.17, 15) is 14.7 Å². The minimum Gasteiger partial charge on any atom is -0.478 e. The summed E-state index contributed by atoms with van der Waals surface area (Å²) in [7, 11) is 0. The molecule has 1 heterocycles. The Hall–Kier alpha value is -3.15. The average molecular weight is 366 g/mol. The van der Waals surface area contributed by atoms with Crippen molar-refractivity contribution in [1.82, 2.24) is 4.90 Å². The Labute approximate surface area is 158 Å². The third-order valence-corrected chi connectivity index (χ3v) is 4.49. The van der Waals surface area contributed by atoms with E-state index in [1.807, 2.05) is 30.3 Å². The number of rotatable bonds is 7. The van der Waals surface area contributed by atoms with Crippen LogP contribution in [-0.4, -0.2) is 34.3 Å². The van der Waals surface area contributed by atoms with Crippen molar-refractivity contribution in [3.8, 4) is 11.1 Å². The molecule has 27 heavy (non-hydrogen) atoms. The van der Waals surface area contributed by atoms with Gasteiger partial charge in [0.15, 0.2) is 12.4 Å². The zero-order valence-electron chi connectivity index (χ0n) is 15.2. The molecular formula is C21H22N2O4. The Morgan fingerprint density at radius 1 is 1.19 bits per heavy atom. The summed E-state index contributed by atoms with van der Waals surface area (Å²) < 4.78 is 0. The number of carbonyl (C=O) groups is 2. The highest BCUT2D eigenvalue weighted by Gasteiger charge is 2.24. The third-order valence-electron chi connectivity index (χ3n) is 4.49. The number of hydrogen-bond donors (Lipinski definition) is 1. The monoisotopic (exact) mass is 366 g/mol. The van der Waals surface area contributed by atoms with Crippen LogP contribution in [0, 0.1) is 0 Å². The van der Waals surface area contributed by atoms with Gasteiger partial charge >= 0.3 is 5.97 Å². The average Bonchev–Trinajstić information content (AvgIpc) is 2.69. The number of aromatic carboxylic acids is 1. The molecule has 3 rings (SSSR count). The third kappa shape index (κ3) is 4.34. The largest absolute Gasteiger partial charge is 0.478 e. The summed E-state index contributed by atoms with van der Waals surface area (Å²) in [5.41, 5.74) is 2.71. The molecule has 1 amide bonds. The minimum absolute atomic E-state index is 0.0420. The number of carbonyl (C=O) groups excluding carboxylic acids is 1. The first kappa shape index (κ1) is 18.6. The molecule has 0 fully saturated rings. The van der Waals surface area contributed by atoms with Gasteiger partial charge in [-0.1, -0.05) is 61.0 Å². The number of unbranched alkanes of at least 4 members (excludes halogenated alkanes) is 1. The van der Waals surface area contributed by atoms with Crippen LogP contribution in [0.5, 0.6) is 0 Å². The zero-order valence-corrected chi connectivity index (χ0v) is 15.2. The van der Waals surface area contributed by atoms with Crippen LogP contribution in [0.4, 0.5) is 0 Å². The van der Waals surface area contributed by atoms with Crippen LogP contribution in [0.2, 0.25) is 0 Å². The van der Waals surface area contributed by atoms with E-state index in [0.29, 0.717) is 24.4 Å². The fourth-order valence-corrected chi connectivity index (χ4v) is 3.02. The van der Waals surface area contributed by atoms with Crippen molar-refractivity contribution in [2.45, 2.75) is 32.7 Å². The first-order valence-electron chi connectivity index (χ1n) is 9.01. The second-order valence-electron chi connectivity index (χ2n) is 6.41. The van der Waals surface area contributed by atoms with Crippen LogP contribution in [0.3, 0.4) is 0 Å². The second kappa shape index (κ2) is 8.49. The molecular weight excluding hydrogens is 344 g/mol. The van der Waals surface area contributed by atoms with Gasteiger partial charge in [-0.2, -0.15) is 0 Å². The van der Waals surface area contributed by atoms with Crippen LogP contribution in [-0.2, 0) is 16.2 Å². The van der Waals surface area contributed by atoms with Gasteiger partial charge in [-0.25, -0.2) is 4.79 Å². The quantitative estimate of drug-likeness (QED) is 0.806. The predicted molar refractivity (Wildman–Crippen MR) is 102 cm³/mol. The number of oxime groups is 1. The maximum absolute atomic E-state index is 12.2. The molecule has 0 saturated heterocycles. The summed E-state index contributed by atoms with van der Waals surface area (Å²) in [5, 5.41) is 13.4. The minimum atomic E-state index is -0.953. The molecule has 2 aromatic carbocycles. The number of nitrogens with zero attached hydrogens (tertiary/aromatic N) is 2. The van der Waals surface area contributed by atoms with Gasteiger partial charge in [0.1, 0.15) is 0 Å². The van der Waals surface area contributed by atoms with E-state index in [0.717, 1.165) is 24.0 Å². The lowest BCUT2D eigenvalue weighted by Gasteiger charge is -2.26. The van der Waals surface area contributed by atoms with Gasteiger partial charge in [0.25, 0.3) is 5.91 Å². The molecule has 0 radical (unpaired) electrons. The predicted octanol–water partition coefficient (Wildman–Crippen LogP) is 3.91. The molecule has 0 aliphatic carbocycles. The Kier molecular flexibility index (Phi) is 5.86. The fraction of sp³-hybridized carbons (Fsp3) is 0.286. The summed E-state index contributed by atoms with van der Waals surface area (Å²) >= 11 is 0. The van der Waals surface area contributed by atoms with Crippen LogP contribution in [0.25, 0.3) is 11.1 Å². The lowest BCUT2D eigenvalue weighted by molar-refractivity contribution is -0.135. The number of carboxylic acids is 1. The van der Waals surface area contributed by atoms with Crippen LogP contribution < -0.4 is 0 Å². The summed E-state index contributed by atoms with van der Waals surface area (Å²) in [6.07, 6.45) is 2.65. The number of amidine groups is 1. The molecule has 0 bridgehead atoms. The van der Waals surface area contributed by atoms with Crippen LogP contribution in [0.15, 0.2) is 53.7 Å². The van der Waals surface area contributed by atoms with Crippen molar-refractivity contribution in [3.63, 3.8) is 0 Å². The topological polar surface area (TPSA) is 79.2 Å². The maximum atomic E-state index is 12.2. The molecule has 1 aliphatic rings. The molecule has 1 aliphatic heterocycles. The lowest BCUT2D eigenvalue weighted by atomic mass is 9.98. The number of carboxylic acid groups (broad SMARTS) is 1. The van der Waals surface area contributed by atoms with E-state index >= 15 is 0 Å².